The molecule has 0 saturated carbocycles. The lowest BCUT2D eigenvalue weighted by Crippen LogP contribution is -2.51. The molecule has 3 rings (SSSR count). The molecule has 0 bridgehead atoms. The highest BCUT2D eigenvalue weighted by Crippen LogP contribution is 2.39. The number of rotatable bonds is 7. The molecule has 0 aliphatic carbocycles. The molecule has 1 atom stereocenters. The van der Waals surface area contributed by atoms with Gasteiger partial charge in [0.2, 0.25) is 0 Å². The minimum absolute atomic E-state index is 0.0795. The van der Waals surface area contributed by atoms with E-state index in [0.717, 1.165) is 11.6 Å². The fraction of sp³-hybridized carbons (Fsp3) is 0.304. The molecule has 1 aliphatic rings. The summed E-state index contributed by atoms with van der Waals surface area (Å²) in [6, 6.07) is 11.7. The molecule has 9 nitrogen and oxygen atoms in total. The molecule has 0 N–H and O–H groups in total. The van der Waals surface area contributed by atoms with Crippen molar-refractivity contribution in [3.05, 3.63) is 75.9 Å². The number of ether oxygens (including phenoxy) is 3. The lowest BCUT2D eigenvalue weighted by Gasteiger charge is -2.32. The maximum atomic E-state index is 13.4. The highest BCUT2D eigenvalue weighted by atomic mass is 16.6. The molecule has 2 aromatic carbocycles. The lowest BCUT2D eigenvalue weighted by molar-refractivity contribution is -0.385. The summed E-state index contributed by atoms with van der Waals surface area (Å²) in [6.07, 6.45) is 0.203. The molecule has 1 heterocycles. The number of nitro benzene ring substituents is 1. The zero-order chi connectivity index (χ0) is 23.5. The van der Waals surface area contributed by atoms with Crippen molar-refractivity contribution < 1.29 is 28.7 Å². The van der Waals surface area contributed by atoms with Crippen LogP contribution in [0.1, 0.15) is 29.3 Å². The van der Waals surface area contributed by atoms with Crippen molar-refractivity contribution in [3.8, 4) is 11.5 Å². The average Bonchev–Trinajstić information content (AvgIpc) is 3.11. The number of hydrogen-bond acceptors (Lipinski definition) is 7. The van der Waals surface area contributed by atoms with Crippen molar-refractivity contribution in [2.45, 2.75) is 25.5 Å². The highest BCUT2D eigenvalue weighted by Gasteiger charge is 2.49. The van der Waals surface area contributed by atoms with Gasteiger partial charge in [0.1, 0.15) is 17.7 Å². The number of likely N-dealkylation sites (tertiary alicyclic amines) is 1. The second kappa shape index (κ2) is 9.09. The number of benzene rings is 2. The quantitative estimate of drug-likeness (QED) is 0.280. The maximum Gasteiger partial charge on any atom is 0.331 e. The summed E-state index contributed by atoms with van der Waals surface area (Å²) < 4.78 is 15.9. The number of esters is 1. The molecule has 0 unspecified atom stereocenters. The Kier molecular flexibility index (Phi) is 6.47. The predicted octanol–water partition coefficient (Wildman–Crippen LogP) is 3.52. The highest BCUT2D eigenvalue weighted by molar-refractivity contribution is 6.02. The van der Waals surface area contributed by atoms with Crippen LogP contribution in [-0.4, -0.2) is 48.0 Å². The van der Waals surface area contributed by atoms with E-state index in [-0.39, 0.29) is 36.6 Å². The molecular formula is C23H24N2O7. The molecule has 32 heavy (non-hydrogen) atoms. The molecule has 0 radical (unpaired) electrons. The summed E-state index contributed by atoms with van der Waals surface area (Å²) in [5.74, 6) is -1.04. The van der Waals surface area contributed by atoms with E-state index in [4.69, 9.17) is 14.2 Å². The Bertz CT molecular complexity index is 1070. The summed E-state index contributed by atoms with van der Waals surface area (Å²) in [4.78, 5) is 38.2. The van der Waals surface area contributed by atoms with Crippen LogP contribution in [0.5, 0.6) is 11.5 Å². The van der Waals surface area contributed by atoms with E-state index in [1.54, 1.807) is 6.92 Å². The van der Waals surface area contributed by atoms with E-state index < -0.39 is 28.0 Å². The van der Waals surface area contributed by atoms with Crippen molar-refractivity contribution in [2.24, 2.45) is 0 Å². The van der Waals surface area contributed by atoms with Gasteiger partial charge in [-0.2, -0.15) is 0 Å². The van der Waals surface area contributed by atoms with Crippen LogP contribution in [0.25, 0.3) is 0 Å². The van der Waals surface area contributed by atoms with Gasteiger partial charge in [-0.1, -0.05) is 42.5 Å². The van der Waals surface area contributed by atoms with Crippen LogP contribution in [0.15, 0.2) is 54.6 Å². The summed E-state index contributed by atoms with van der Waals surface area (Å²) >= 11 is 0. The summed E-state index contributed by atoms with van der Waals surface area (Å²) in [5, 5.41) is 11.8. The van der Waals surface area contributed by atoms with E-state index >= 15 is 0 Å². The molecule has 0 aromatic heterocycles. The van der Waals surface area contributed by atoms with Crippen LogP contribution in [0, 0.1) is 10.1 Å². The monoisotopic (exact) mass is 440 g/mol. The Morgan fingerprint density at radius 2 is 1.88 bits per heavy atom. The fourth-order valence-electron chi connectivity index (χ4n) is 3.76. The first-order chi connectivity index (χ1) is 15.2. The number of methoxy groups -OCH3 is 2. The molecule has 1 amide bonds. The largest absolute Gasteiger partial charge is 0.493 e. The smallest absolute Gasteiger partial charge is 0.331 e. The fourth-order valence-corrected chi connectivity index (χ4v) is 3.76. The molecule has 9 heteroatoms. The van der Waals surface area contributed by atoms with Gasteiger partial charge >= 0.3 is 5.97 Å². The third-order valence-electron chi connectivity index (χ3n) is 5.39. The van der Waals surface area contributed by atoms with Crippen molar-refractivity contribution >= 4 is 17.6 Å². The molecule has 168 valence electrons. The minimum Gasteiger partial charge on any atom is -0.493 e. The van der Waals surface area contributed by atoms with Gasteiger partial charge in [0.05, 0.1) is 25.2 Å². The van der Waals surface area contributed by atoms with Crippen LogP contribution >= 0.6 is 0 Å². The summed E-state index contributed by atoms with van der Waals surface area (Å²) in [7, 11) is 2.60. The van der Waals surface area contributed by atoms with Crippen molar-refractivity contribution in [2.75, 3.05) is 20.8 Å². The second-order valence-corrected chi connectivity index (χ2v) is 7.64. The number of carbonyl (C=O) groups excluding carboxylic acids is 2. The Balaban J connectivity index is 2.00. The predicted molar refractivity (Wildman–Crippen MR) is 116 cm³/mol. The first-order valence-electron chi connectivity index (χ1n) is 9.81. The van der Waals surface area contributed by atoms with Crippen molar-refractivity contribution in [1.29, 1.82) is 0 Å². The number of nitro groups is 1. The number of amides is 1. The van der Waals surface area contributed by atoms with Gasteiger partial charge in [-0.05, 0) is 12.5 Å². The Hall–Kier alpha value is -3.88. The first-order valence-corrected chi connectivity index (χ1v) is 9.81. The van der Waals surface area contributed by atoms with Crippen molar-refractivity contribution in [1.82, 2.24) is 4.90 Å². The average molecular weight is 440 g/mol. The first kappa shape index (κ1) is 22.8. The number of carbonyl (C=O) groups is 2. The topological polar surface area (TPSA) is 108 Å². The molecule has 1 saturated heterocycles. The number of hydrogen-bond donors (Lipinski definition) is 0. The van der Waals surface area contributed by atoms with Gasteiger partial charge in [-0.25, -0.2) is 4.79 Å². The van der Waals surface area contributed by atoms with E-state index in [0.29, 0.717) is 5.57 Å². The lowest BCUT2D eigenvalue weighted by atomic mass is 9.97. The van der Waals surface area contributed by atoms with Gasteiger partial charge < -0.3 is 19.1 Å². The standard InChI is InChI=1S/C23H24N2O7/c1-15-12-23(2,22(27)31-4)24(13-15)21(26)17-10-19(30-3)20(11-18(17)25(28)29)32-14-16-8-6-5-7-9-16/h5-11H,1,12-14H2,2-4H3/t23-/m0/s1. The van der Waals surface area contributed by atoms with Gasteiger partial charge in [0.25, 0.3) is 11.6 Å². The van der Waals surface area contributed by atoms with Crippen LogP contribution in [0.4, 0.5) is 5.69 Å². The zero-order valence-electron chi connectivity index (χ0n) is 18.1. The summed E-state index contributed by atoms with van der Waals surface area (Å²) in [6.45, 7) is 5.66. The Morgan fingerprint density at radius 1 is 1.19 bits per heavy atom. The van der Waals surface area contributed by atoms with Crippen molar-refractivity contribution in [3.63, 3.8) is 0 Å². The van der Waals surface area contributed by atoms with E-state index in [2.05, 4.69) is 6.58 Å². The van der Waals surface area contributed by atoms with Gasteiger partial charge in [-0.15, -0.1) is 0 Å². The van der Waals surface area contributed by atoms with Crippen LogP contribution in [0.2, 0.25) is 0 Å². The Labute approximate surface area is 185 Å². The van der Waals surface area contributed by atoms with Crippen LogP contribution in [-0.2, 0) is 16.1 Å². The van der Waals surface area contributed by atoms with Gasteiger partial charge in [-0.3, -0.25) is 14.9 Å². The third-order valence-corrected chi connectivity index (χ3v) is 5.39. The normalized spacial score (nSPS) is 17.7. The van der Waals surface area contributed by atoms with Gasteiger partial charge in [0, 0.05) is 19.0 Å². The molecule has 0 spiro atoms. The molecule has 1 fully saturated rings. The molecule has 1 aliphatic heterocycles. The minimum atomic E-state index is -1.31. The van der Waals surface area contributed by atoms with Gasteiger partial charge in [0.15, 0.2) is 11.5 Å². The second-order valence-electron chi connectivity index (χ2n) is 7.64. The summed E-state index contributed by atoms with van der Waals surface area (Å²) in [5.41, 5.74) is -0.482. The molecular weight excluding hydrogens is 416 g/mol. The maximum absolute atomic E-state index is 13.4. The third kappa shape index (κ3) is 4.27. The van der Waals surface area contributed by atoms with E-state index in [1.165, 1.54) is 25.2 Å². The van der Waals surface area contributed by atoms with Crippen LogP contribution in [0.3, 0.4) is 0 Å². The van der Waals surface area contributed by atoms with Crippen LogP contribution < -0.4 is 9.47 Å². The SMILES string of the molecule is C=C1CN(C(=O)c2cc(OC)c(OCc3ccccc3)cc2[N+](=O)[O-])[C@](C)(C(=O)OC)C1. The Morgan fingerprint density at radius 3 is 2.47 bits per heavy atom. The zero-order valence-corrected chi connectivity index (χ0v) is 18.1. The van der Waals surface area contributed by atoms with E-state index in [9.17, 15) is 19.7 Å². The number of nitrogens with zero attached hydrogens (tertiary/aromatic N) is 2. The van der Waals surface area contributed by atoms with E-state index in [1.807, 2.05) is 30.3 Å². The molecule has 2 aromatic rings.